The van der Waals surface area contributed by atoms with Gasteiger partial charge in [-0.2, -0.15) is 0 Å². The first-order chi connectivity index (χ1) is 7.24. The van der Waals surface area contributed by atoms with Gasteiger partial charge >= 0.3 is 0 Å². The van der Waals surface area contributed by atoms with E-state index in [2.05, 4.69) is 14.9 Å². The van der Waals surface area contributed by atoms with Crippen molar-refractivity contribution in [2.45, 2.75) is 31.8 Å². The van der Waals surface area contributed by atoms with Gasteiger partial charge in [0.1, 0.15) is 5.15 Å². The molecule has 1 saturated carbocycles. The second-order valence-corrected chi connectivity index (χ2v) is 4.61. The summed E-state index contributed by atoms with van der Waals surface area (Å²) in [6, 6.07) is 0.770. The molecule has 2 N–H and O–H groups in total. The average molecular weight is 225 g/mol. The Bertz CT molecular complexity index is 403. The predicted octanol–water partition coefficient (Wildman–Crippen LogP) is 1.23. The van der Waals surface area contributed by atoms with Crippen LogP contribution in [0.25, 0.3) is 0 Å². The number of anilines is 1. The van der Waals surface area contributed by atoms with Crippen molar-refractivity contribution >= 4 is 17.5 Å². The van der Waals surface area contributed by atoms with Gasteiger partial charge in [0.15, 0.2) is 0 Å². The normalized spacial score (nSPS) is 21.4. The molecule has 1 aromatic heterocycles. The van der Waals surface area contributed by atoms with Crippen LogP contribution in [0.4, 0.5) is 5.95 Å². The van der Waals surface area contributed by atoms with Gasteiger partial charge < -0.3 is 5.73 Å². The van der Waals surface area contributed by atoms with E-state index in [-0.39, 0.29) is 0 Å². The molecule has 1 aliphatic heterocycles. The second-order valence-electron chi connectivity index (χ2n) is 4.25. The largest absolute Gasteiger partial charge is 0.368 e. The number of nitrogens with two attached hydrogens (primary N) is 1. The average Bonchev–Trinajstić information content (AvgIpc) is 3.00. The number of halogens is 1. The summed E-state index contributed by atoms with van der Waals surface area (Å²) in [5, 5.41) is 0.530. The van der Waals surface area contributed by atoms with Crippen LogP contribution < -0.4 is 5.73 Å². The lowest BCUT2D eigenvalue weighted by molar-refractivity contribution is 0.241. The molecule has 80 valence electrons. The molecule has 4 nitrogen and oxygen atoms in total. The van der Waals surface area contributed by atoms with Crippen molar-refractivity contribution in [3.63, 3.8) is 0 Å². The fourth-order valence-corrected chi connectivity index (χ4v) is 2.42. The third kappa shape index (κ3) is 1.68. The molecule has 0 saturated heterocycles. The molecule has 1 fully saturated rings. The molecule has 1 aromatic rings. The predicted molar refractivity (Wildman–Crippen MR) is 58.6 cm³/mol. The minimum Gasteiger partial charge on any atom is -0.368 e. The first-order valence-electron chi connectivity index (χ1n) is 5.29. The number of nitrogens with zero attached hydrogens (tertiary/aromatic N) is 3. The van der Waals surface area contributed by atoms with Gasteiger partial charge in [-0.3, -0.25) is 4.90 Å². The molecule has 0 amide bonds. The van der Waals surface area contributed by atoms with Crippen molar-refractivity contribution < 1.29 is 0 Å². The Hall–Kier alpha value is -0.870. The fraction of sp³-hybridized carbons (Fsp3) is 0.600. The highest BCUT2D eigenvalue weighted by molar-refractivity contribution is 6.30. The van der Waals surface area contributed by atoms with E-state index in [1.165, 1.54) is 12.8 Å². The Balaban J connectivity index is 1.93. The van der Waals surface area contributed by atoms with Gasteiger partial charge in [-0.25, -0.2) is 9.97 Å². The lowest BCUT2D eigenvalue weighted by Crippen LogP contribution is -2.33. The van der Waals surface area contributed by atoms with E-state index in [0.717, 1.165) is 36.8 Å². The Kier molecular flexibility index (Phi) is 2.07. The highest BCUT2D eigenvalue weighted by Crippen LogP contribution is 2.33. The molecular weight excluding hydrogens is 212 g/mol. The number of aromatic nitrogens is 2. The second kappa shape index (κ2) is 3.32. The van der Waals surface area contributed by atoms with Crippen LogP contribution in [0.5, 0.6) is 0 Å². The Morgan fingerprint density at radius 1 is 1.33 bits per heavy atom. The van der Waals surface area contributed by atoms with E-state index in [1.807, 2.05) is 0 Å². The van der Waals surface area contributed by atoms with Gasteiger partial charge in [-0.05, 0) is 12.8 Å². The first-order valence-corrected chi connectivity index (χ1v) is 5.66. The topological polar surface area (TPSA) is 55.0 Å². The maximum absolute atomic E-state index is 6.08. The van der Waals surface area contributed by atoms with Crippen molar-refractivity contribution in [3.05, 3.63) is 16.4 Å². The molecule has 0 spiro atoms. The maximum atomic E-state index is 6.08. The lowest BCUT2D eigenvalue weighted by Gasteiger charge is -2.28. The molecule has 2 aliphatic rings. The highest BCUT2D eigenvalue weighted by atomic mass is 35.5. The number of nitrogen functional groups attached to an aromatic ring is 1. The van der Waals surface area contributed by atoms with Crippen LogP contribution >= 0.6 is 11.6 Å². The molecule has 0 atom stereocenters. The zero-order chi connectivity index (χ0) is 10.4. The van der Waals surface area contributed by atoms with Gasteiger partial charge in [-0.15, -0.1) is 0 Å². The van der Waals surface area contributed by atoms with Crippen LogP contribution in [-0.2, 0) is 13.0 Å². The van der Waals surface area contributed by atoms with Crippen molar-refractivity contribution in [3.8, 4) is 0 Å². The van der Waals surface area contributed by atoms with Crippen LogP contribution in [0, 0.1) is 0 Å². The summed E-state index contributed by atoms with van der Waals surface area (Å²) in [4.78, 5) is 10.7. The lowest BCUT2D eigenvalue weighted by atomic mass is 10.1. The van der Waals surface area contributed by atoms with E-state index in [9.17, 15) is 0 Å². The zero-order valence-electron chi connectivity index (χ0n) is 8.41. The van der Waals surface area contributed by atoms with Gasteiger partial charge in [0.05, 0.1) is 5.69 Å². The summed E-state index contributed by atoms with van der Waals surface area (Å²) >= 11 is 6.08. The van der Waals surface area contributed by atoms with Crippen molar-refractivity contribution in [2.24, 2.45) is 0 Å². The van der Waals surface area contributed by atoms with E-state index in [0.29, 0.717) is 11.1 Å². The third-order valence-corrected chi connectivity index (χ3v) is 3.43. The van der Waals surface area contributed by atoms with Crippen molar-refractivity contribution in [2.75, 3.05) is 12.3 Å². The summed E-state index contributed by atoms with van der Waals surface area (Å²) in [5.74, 6) is 0.290. The summed E-state index contributed by atoms with van der Waals surface area (Å²) < 4.78 is 0. The molecule has 0 radical (unpaired) electrons. The third-order valence-electron chi connectivity index (χ3n) is 3.12. The molecular formula is C10H13ClN4. The standard InChI is InChI=1S/C10H13ClN4/c11-9-7-5-15(6-1-2-6)4-3-8(7)13-10(12)14-9/h6H,1-5H2,(H2,12,13,14). The molecule has 5 heteroatoms. The van der Waals surface area contributed by atoms with E-state index in [1.54, 1.807) is 0 Å². The Labute approximate surface area is 93.5 Å². The minimum atomic E-state index is 0.290. The first kappa shape index (κ1) is 9.36. The summed E-state index contributed by atoms with van der Waals surface area (Å²) in [6.45, 7) is 1.96. The SMILES string of the molecule is Nc1nc(Cl)c2c(n1)CCN(C1CC1)C2. The van der Waals surface area contributed by atoms with Crippen molar-refractivity contribution in [1.82, 2.24) is 14.9 Å². The highest BCUT2D eigenvalue weighted by Gasteiger charge is 2.32. The van der Waals surface area contributed by atoms with Gasteiger partial charge in [0, 0.05) is 31.1 Å². The summed E-state index contributed by atoms with van der Waals surface area (Å²) in [5.41, 5.74) is 7.67. The van der Waals surface area contributed by atoms with E-state index in [4.69, 9.17) is 17.3 Å². The maximum Gasteiger partial charge on any atom is 0.221 e. The molecule has 15 heavy (non-hydrogen) atoms. The van der Waals surface area contributed by atoms with Crippen LogP contribution in [0.3, 0.4) is 0 Å². The Morgan fingerprint density at radius 3 is 2.87 bits per heavy atom. The smallest absolute Gasteiger partial charge is 0.221 e. The number of rotatable bonds is 1. The monoisotopic (exact) mass is 224 g/mol. The van der Waals surface area contributed by atoms with Gasteiger partial charge in [0.25, 0.3) is 0 Å². The number of fused-ring (bicyclic) bond motifs is 1. The number of hydrogen-bond donors (Lipinski definition) is 1. The molecule has 0 bridgehead atoms. The van der Waals surface area contributed by atoms with Crippen LogP contribution in [0.15, 0.2) is 0 Å². The van der Waals surface area contributed by atoms with Crippen LogP contribution in [0.2, 0.25) is 5.15 Å². The van der Waals surface area contributed by atoms with E-state index >= 15 is 0 Å². The van der Waals surface area contributed by atoms with Crippen LogP contribution in [0.1, 0.15) is 24.1 Å². The molecule has 0 aromatic carbocycles. The minimum absolute atomic E-state index is 0.290. The van der Waals surface area contributed by atoms with Crippen molar-refractivity contribution in [1.29, 1.82) is 0 Å². The molecule has 1 aliphatic carbocycles. The van der Waals surface area contributed by atoms with Gasteiger partial charge in [-0.1, -0.05) is 11.6 Å². The quantitative estimate of drug-likeness (QED) is 0.730. The summed E-state index contributed by atoms with van der Waals surface area (Å²) in [7, 11) is 0. The molecule has 3 rings (SSSR count). The molecule has 2 heterocycles. The summed E-state index contributed by atoms with van der Waals surface area (Å²) in [6.07, 6.45) is 3.59. The van der Waals surface area contributed by atoms with Gasteiger partial charge in [0.2, 0.25) is 5.95 Å². The molecule has 0 unspecified atom stereocenters. The Morgan fingerprint density at radius 2 is 2.13 bits per heavy atom. The fourth-order valence-electron chi connectivity index (χ4n) is 2.16. The zero-order valence-corrected chi connectivity index (χ0v) is 9.17. The number of hydrogen-bond acceptors (Lipinski definition) is 4. The van der Waals surface area contributed by atoms with E-state index < -0.39 is 0 Å². The van der Waals surface area contributed by atoms with Crippen LogP contribution in [-0.4, -0.2) is 27.5 Å².